The first-order valence-corrected chi connectivity index (χ1v) is 9.16. The second kappa shape index (κ2) is 7.66. The number of piperidine rings is 1. The summed E-state index contributed by atoms with van der Waals surface area (Å²) in [5, 5.41) is 0. The molecule has 3 fully saturated rings. The number of rotatable bonds is 5. The molecule has 1 aromatic rings. The SMILES string of the molecule is COc1cc(CC(=O)N2C[C@H]3CC[C@@H](C2)N(C)C3)c(C(C)=O)cc1OC. The number of carbonyl (C=O) groups excluding carboxylic acids is 2. The van der Waals surface area contributed by atoms with Crippen LogP contribution in [0.5, 0.6) is 11.5 Å². The average molecular weight is 360 g/mol. The Morgan fingerprint density at radius 1 is 1.08 bits per heavy atom. The van der Waals surface area contributed by atoms with E-state index in [1.54, 1.807) is 19.2 Å². The highest BCUT2D eigenvalue weighted by Gasteiger charge is 2.34. The molecule has 0 aliphatic carbocycles. The number of nitrogens with zero attached hydrogens (tertiary/aromatic N) is 2. The Bertz CT molecular complexity index is 703. The summed E-state index contributed by atoms with van der Waals surface area (Å²) in [6, 6.07) is 3.87. The van der Waals surface area contributed by atoms with Gasteiger partial charge < -0.3 is 19.3 Å². The Labute approximate surface area is 155 Å². The summed E-state index contributed by atoms with van der Waals surface area (Å²) >= 11 is 0. The number of likely N-dealkylation sites (N-methyl/N-ethyl adjacent to an activating group) is 1. The van der Waals surface area contributed by atoms with Gasteiger partial charge in [-0.1, -0.05) is 0 Å². The van der Waals surface area contributed by atoms with Gasteiger partial charge in [0, 0.05) is 31.2 Å². The minimum Gasteiger partial charge on any atom is -0.493 e. The molecule has 0 radical (unpaired) electrons. The van der Waals surface area contributed by atoms with Crippen molar-refractivity contribution >= 4 is 11.7 Å². The third-order valence-electron chi connectivity index (χ3n) is 5.67. The number of methoxy groups -OCH3 is 2. The first-order valence-electron chi connectivity index (χ1n) is 9.16. The lowest BCUT2D eigenvalue weighted by Crippen LogP contribution is -2.42. The predicted octanol–water partition coefficient (Wildman–Crippen LogP) is 2.00. The third kappa shape index (κ3) is 3.70. The molecule has 6 heteroatoms. The van der Waals surface area contributed by atoms with E-state index in [4.69, 9.17) is 9.47 Å². The van der Waals surface area contributed by atoms with Crippen LogP contribution >= 0.6 is 0 Å². The fourth-order valence-corrected chi connectivity index (χ4v) is 4.19. The summed E-state index contributed by atoms with van der Waals surface area (Å²) in [5.41, 5.74) is 1.22. The van der Waals surface area contributed by atoms with Crippen LogP contribution in [0.4, 0.5) is 0 Å². The number of Topliss-reactive ketones (excluding diaryl/α,β-unsaturated/α-hetero) is 1. The van der Waals surface area contributed by atoms with E-state index in [1.165, 1.54) is 20.5 Å². The maximum Gasteiger partial charge on any atom is 0.227 e. The molecule has 142 valence electrons. The van der Waals surface area contributed by atoms with Crippen LogP contribution < -0.4 is 9.47 Å². The van der Waals surface area contributed by atoms with Crippen LogP contribution in [0.1, 0.15) is 35.7 Å². The molecule has 3 saturated heterocycles. The van der Waals surface area contributed by atoms with Crippen molar-refractivity contribution in [1.82, 2.24) is 9.80 Å². The van der Waals surface area contributed by atoms with Gasteiger partial charge in [-0.2, -0.15) is 0 Å². The van der Waals surface area contributed by atoms with Gasteiger partial charge in [-0.25, -0.2) is 0 Å². The lowest BCUT2D eigenvalue weighted by atomic mass is 9.96. The Balaban J connectivity index is 1.83. The van der Waals surface area contributed by atoms with Gasteiger partial charge in [0.1, 0.15) is 0 Å². The number of ether oxygens (including phenoxy) is 2. The number of hydrogen-bond acceptors (Lipinski definition) is 5. The number of amides is 1. The van der Waals surface area contributed by atoms with Gasteiger partial charge in [0.2, 0.25) is 5.91 Å². The summed E-state index contributed by atoms with van der Waals surface area (Å²) in [4.78, 5) is 29.4. The number of hydrogen-bond donors (Lipinski definition) is 0. The fourth-order valence-electron chi connectivity index (χ4n) is 4.19. The van der Waals surface area contributed by atoms with Gasteiger partial charge in [-0.15, -0.1) is 0 Å². The Morgan fingerprint density at radius 3 is 2.38 bits per heavy atom. The van der Waals surface area contributed by atoms with Gasteiger partial charge in [-0.3, -0.25) is 9.59 Å². The highest BCUT2D eigenvalue weighted by atomic mass is 16.5. The summed E-state index contributed by atoms with van der Waals surface area (Å²) in [7, 11) is 5.24. The van der Waals surface area contributed by atoms with Crippen LogP contribution in [0.15, 0.2) is 12.1 Å². The summed E-state index contributed by atoms with van der Waals surface area (Å²) < 4.78 is 10.6. The zero-order valence-corrected chi connectivity index (χ0v) is 16.1. The highest BCUT2D eigenvalue weighted by molar-refractivity contribution is 5.97. The first-order chi connectivity index (χ1) is 12.4. The van der Waals surface area contributed by atoms with Gasteiger partial charge in [0.15, 0.2) is 17.3 Å². The Morgan fingerprint density at radius 2 is 1.77 bits per heavy atom. The van der Waals surface area contributed by atoms with Crippen LogP contribution in [0.25, 0.3) is 0 Å². The first kappa shape index (κ1) is 18.7. The normalized spacial score (nSPS) is 22.8. The molecule has 3 aliphatic heterocycles. The molecular weight excluding hydrogens is 332 g/mol. The van der Waals surface area contributed by atoms with E-state index < -0.39 is 0 Å². The molecule has 0 saturated carbocycles. The van der Waals surface area contributed by atoms with Crippen molar-refractivity contribution < 1.29 is 19.1 Å². The lowest BCUT2D eigenvalue weighted by molar-refractivity contribution is -0.130. The van der Waals surface area contributed by atoms with Crippen LogP contribution in [0.2, 0.25) is 0 Å². The van der Waals surface area contributed by atoms with Crippen LogP contribution in [-0.4, -0.2) is 68.4 Å². The lowest BCUT2D eigenvalue weighted by Gasteiger charge is -2.32. The topological polar surface area (TPSA) is 59.1 Å². The van der Waals surface area contributed by atoms with Gasteiger partial charge in [0.25, 0.3) is 0 Å². The van der Waals surface area contributed by atoms with E-state index >= 15 is 0 Å². The molecular formula is C20H28N2O4. The Hall–Kier alpha value is -2.08. The number of carbonyl (C=O) groups is 2. The fraction of sp³-hybridized carbons (Fsp3) is 0.600. The molecule has 3 heterocycles. The molecule has 0 spiro atoms. The van der Waals surface area contributed by atoms with E-state index in [1.807, 2.05) is 4.90 Å². The summed E-state index contributed by atoms with van der Waals surface area (Å²) in [6.45, 7) is 4.15. The van der Waals surface area contributed by atoms with E-state index in [2.05, 4.69) is 11.9 Å². The van der Waals surface area contributed by atoms with Crippen molar-refractivity contribution in [3.63, 3.8) is 0 Å². The van der Waals surface area contributed by atoms with Crippen molar-refractivity contribution in [2.75, 3.05) is 40.9 Å². The molecule has 6 nitrogen and oxygen atoms in total. The molecule has 0 N–H and O–H groups in total. The van der Waals surface area contributed by atoms with E-state index in [0.717, 1.165) is 26.1 Å². The maximum absolute atomic E-state index is 13.0. The molecule has 0 unspecified atom stereocenters. The highest BCUT2D eigenvalue weighted by Crippen LogP contribution is 2.32. The molecule has 1 aromatic carbocycles. The zero-order chi connectivity index (χ0) is 18.8. The van der Waals surface area contributed by atoms with Crippen LogP contribution in [-0.2, 0) is 11.2 Å². The monoisotopic (exact) mass is 360 g/mol. The number of benzene rings is 1. The molecule has 2 bridgehead atoms. The Kier molecular flexibility index (Phi) is 5.51. The summed E-state index contributed by atoms with van der Waals surface area (Å²) in [6.07, 6.45) is 2.55. The second-order valence-corrected chi connectivity index (χ2v) is 7.43. The maximum atomic E-state index is 13.0. The van der Waals surface area contributed by atoms with Gasteiger partial charge in [-0.05, 0) is 50.4 Å². The van der Waals surface area contributed by atoms with Crippen LogP contribution in [0, 0.1) is 5.92 Å². The largest absolute Gasteiger partial charge is 0.493 e. The van der Waals surface area contributed by atoms with Crippen molar-refractivity contribution in [3.05, 3.63) is 23.3 Å². The minimum absolute atomic E-state index is 0.0759. The minimum atomic E-state index is -0.0792. The zero-order valence-electron chi connectivity index (χ0n) is 16.1. The van der Waals surface area contributed by atoms with Crippen molar-refractivity contribution in [3.8, 4) is 11.5 Å². The van der Waals surface area contributed by atoms with E-state index in [-0.39, 0.29) is 18.1 Å². The standard InChI is InChI=1S/C20H28N2O4/c1-13(23)17-9-19(26-4)18(25-3)7-15(17)8-20(24)22-11-14-5-6-16(12-22)21(2)10-14/h7,9,14,16H,5-6,8,10-12H2,1-4H3/t14-,16-/m0/s1. The van der Waals surface area contributed by atoms with Crippen molar-refractivity contribution in [2.24, 2.45) is 5.92 Å². The molecule has 0 aromatic heterocycles. The molecule has 2 atom stereocenters. The molecule has 4 rings (SSSR count). The summed E-state index contributed by atoms with van der Waals surface area (Å²) in [5.74, 6) is 1.58. The van der Waals surface area contributed by atoms with Crippen molar-refractivity contribution in [1.29, 1.82) is 0 Å². The number of ketones is 1. The molecule has 1 amide bonds. The van der Waals surface area contributed by atoms with Crippen LogP contribution in [0.3, 0.4) is 0 Å². The third-order valence-corrected chi connectivity index (χ3v) is 5.67. The van der Waals surface area contributed by atoms with Gasteiger partial charge >= 0.3 is 0 Å². The van der Waals surface area contributed by atoms with Crippen molar-refractivity contribution in [2.45, 2.75) is 32.2 Å². The van der Waals surface area contributed by atoms with E-state index in [0.29, 0.717) is 34.6 Å². The molecule has 26 heavy (non-hydrogen) atoms. The second-order valence-electron chi connectivity index (χ2n) is 7.43. The van der Waals surface area contributed by atoms with E-state index in [9.17, 15) is 9.59 Å². The smallest absolute Gasteiger partial charge is 0.227 e. The quantitative estimate of drug-likeness (QED) is 0.752. The average Bonchev–Trinajstić information content (AvgIpc) is 2.92. The predicted molar refractivity (Wildman–Crippen MR) is 99.0 cm³/mol. The van der Waals surface area contributed by atoms with Gasteiger partial charge in [0.05, 0.1) is 20.6 Å². The molecule has 3 aliphatic rings. The number of fused-ring (bicyclic) bond motifs is 4.